The Hall–Kier alpha value is -1.14. The van der Waals surface area contributed by atoms with E-state index in [9.17, 15) is 8.42 Å². The van der Waals surface area contributed by atoms with Crippen molar-refractivity contribution in [1.82, 2.24) is 9.29 Å². The molecule has 0 radical (unpaired) electrons. The van der Waals surface area contributed by atoms with Gasteiger partial charge in [0.25, 0.3) is 0 Å². The molecule has 6 heteroatoms. The molecule has 21 heavy (non-hydrogen) atoms. The van der Waals surface area contributed by atoms with Crippen molar-refractivity contribution in [3.8, 4) is 0 Å². The lowest BCUT2D eigenvalue weighted by atomic mass is 10.1. The molecular formula is C15H25N3O2S. The van der Waals surface area contributed by atoms with Crippen LogP contribution >= 0.6 is 0 Å². The lowest BCUT2D eigenvalue weighted by Crippen LogP contribution is -2.48. The number of nitrogens with zero attached hydrogens (tertiary/aromatic N) is 2. The van der Waals surface area contributed by atoms with Crippen LogP contribution in [0.1, 0.15) is 39.3 Å². The first-order valence-corrected chi connectivity index (χ1v) is 8.83. The van der Waals surface area contributed by atoms with E-state index >= 15 is 0 Å². The maximum atomic E-state index is 12.4. The molecule has 1 fully saturated rings. The van der Waals surface area contributed by atoms with E-state index in [2.05, 4.69) is 10.3 Å². The number of aromatic nitrogens is 1. The molecule has 0 bridgehead atoms. The van der Waals surface area contributed by atoms with E-state index in [1.165, 1.54) is 0 Å². The molecule has 0 spiro atoms. The quantitative estimate of drug-likeness (QED) is 0.931. The Bertz CT molecular complexity index is 585. The van der Waals surface area contributed by atoms with Gasteiger partial charge in [-0.2, -0.15) is 0 Å². The number of pyridine rings is 1. The lowest BCUT2D eigenvalue weighted by molar-refractivity contribution is 0.321. The number of hydrogen-bond donors (Lipinski definition) is 1. The van der Waals surface area contributed by atoms with E-state index in [0.29, 0.717) is 19.1 Å². The molecule has 1 N–H and O–H groups in total. The van der Waals surface area contributed by atoms with Crippen LogP contribution < -0.4 is 5.32 Å². The minimum Gasteiger partial charge on any atom is -0.382 e. The number of nitrogens with one attached hydrogen (secondary N) is 1. The highest BCUT2D eigenvalue weighted by Crippen LogP contribution is 2.25. The average molecular weight is 311 g/mol. The Morgan fingerprint density at radius 2 is 1.90 bits per heavy atom. The molecule has 0 saturated carbocycles. The Kier molecular flexibility index (Phi) is 4.58. The van der Waals surface area contributed by atoms with E-state index in [1.54, 1.807) is 31.3 Å². The molecule has 0 atom stereocenters. The van der Waals surface area contributed by atoms with Gasteiger partial charge in [0, 0.05) is 36.7 Å². The van der Waals surface area contributed by atoms with E-state index < -0.39 is 14.8 Å². The standard InChI is InChI=1S/C15H25N3O2S/c1-12-11-14(5-8-16-12)17-13-6-9-18(10-7-13)21(19,20)15(2,3)4/h5,8,11,13H,6-7,9-10H2,1-4H3,(H,16,17). The molecule has 2 rings (SSSR count). The number of sulfonamides is 1. The van der Waals surface area contributed by atoms with Crippen molar-refractivity contribution < 1.29 is 8.42 Å². The first-order chi connectivity index (χ1) is 9.70. The monoisotopic (exact) mass is 311 g/mol. The molecule has 0 aromatic carbocycles. The van der Waals surface area contributed by atoms with E-state index in [4.69, 9.17) is 0 Å². The fourth-order valence-corrected chi connectivity index (χ4v) is 3.96. The Morgan fingerprint density at radius 3 is 2.43 bits per heavy atom. The second-order valence-electron chi connectivity index (χ2n) is 6.62. The Labute approximate surface area is 127 Å². The zero-order valence-corrected chi connectivity index (χ0v) is 14.1. The third-order valence-corrected chi connectivity index (χ3v) is 6.43. The van der Waals surface area contributed by atoms with Crippen LogP contribution in [-0.4, -0.2) is 41.6 Å². The van der Waals surface area contributed by atoms with Gasteiger partial charge in [-0.05, 0) is 52.7 Å². The molecule has 1 aliphatic heterocycles. The van der Waals surface area contributed by atoms with E-state index in [0.717, 1.165) is 24.2 Å². The molecule has 0 aliphatic carbocycles. The summed E-state index contributed by atoms with van der Waals surface area (Å²) in [5.41, 5.74) is 2.03. The summed E-state index contributed by atoms with van der Waals surface area (Å²) in [4.78, 5) is 4.18. The highest BCUT2D eigenvalue weighted by Gasteiger charge is 2.37. The zero-order chi connectivity index (χ0) is 15.7. The Balaban J connectivity index is 1.95. The van der Waals surface area contributed by atoms with Crippen LogP contribution in [0.3, 0.4) is 0 Å². The highest BCUT2D eigenvalue weighted by molar-refractivity contribution is 7.90. The molecule has 0 unspecified atom stereocenters. The largest absolute Gasteiger partial charge is 0.382 e. The second-order valence-corrected chi connectivity index (χ2v) is 9.31. The summed E-state index contributed by atoms with van der Waals surface area (Å²) in [6.45, 7) is 8.40. The van der Waals surface area contributed by atoms with Crippen molar-refractivity contribution in [3.63, 3.8) is 0 Å². The molecule has 2 heterocycles. The summed E-state index contributed by atoms with van der Waals surface area (Å²) < 4.78 is 25.7. The molecule has 1 aromatic heterocycles. The number of piperidine rings is 1. The molecule has 0 amide bonds. The van der Waals surface area contributed by atoms with Crippen molar-refractivity contribution in [2.75, 3.05) is 18.4 Å². The summed E-state index contributed by atoms with van der Waals surface area (Å²) in [6.07, 6.45) is 3.45. The van der Waals surface area contributed by atoms with Crippen LogP contribution in [0.2, 0.25) is 0 Å². The number of anilines is 1. The van der Waals surface area contributed by atoms with Crippen molar-refractivity contribution >= 4 is 15.7 Å². The first kappa shape index (κ1) is 16.2. The normalized spacial score (nSPS) is 18.7. The van der Waals surface area contributed by atoms with Gasteiger partial charge < -0.3 is 5.32 Å². The van der Waals surface area contributed by atoms with E-state index in [1.807, 2.05) is 19.1 Å². The minimum absolute atomic E-state index is 0.318. The minimum atomic E-state index is -3.21. The fourth-order valence-electron chi connectivity index (χ4n) is 2.50. The molecule has 1 aromatic rings. The topological polar surface area (TPSA) is 62.3 Å². The van der Waals surface area contributed by atoms with Gasteiger partial charge in [0.1, 0.15) is 0 Å². The molecular weight excluding hydrogens is 286 g/mol. The van der Waals surface area contributed by atoms with Crippen LogP contribution in [0.25, 0.3) is 0 Å². The predicted molar refractivity (Wildman–Crippen MR) is 85.9 cm³/mol. The number of rotatable bonds is 3. The SMILES string of the molecule is Cc1cc(NC2CCN(S(=O)(=O)C(C)(C)C)CC2)ccn1. The zero-order valence-electron chi connectivity index (χ0n) is 13.3. The van der Waals surface area contributed by atoms with Crippen molar-refractivity contribution in [3.05, 3.63) is 24.0 Å². The highest BCUT2D eigenvalue weighted by atomic mass is 32.2. The van der Waals surface area contributed by atoms with Crippen LogP contribution in [-0.2, 0) is 10.0 Å². The smallest absolute Gasteiger partial charge is 0.219 e. The van der Waals surface area contributed by atoms with Gasteiger partial charge >= 0.3 is 0 Å². The van der Waals surface area contributed by atoms with Gasteiger partial charge in [-0.25, -0.2) is 12.7 Å². The van der Waals surface area contributed by atoms with Gasteiger partial charge in [-0.3, -0.25) is 4.98 Å². The molecule has 1 aliphatic rings. The van der Waals surface area contributed by atoms with Crippen molar-refractivity contribution in [2.45, 2.75) is 51.3 Å². The van der Waals surface area contributed by atoms with Gasteiger partial charge in [-0.15, -0.1) is 0 Å². The third kappa shape index (κ3) is 3.74. The van der Waals surface area contributed by atoms with Crippen LogP contribution in [0.4, 0.5) is 5.69 Å². The van der Waals surface area contributed by atoms with Crippen LogP contribution in [0.15, 0.2) is 18.3 Å². The Morgan fingerprint density at radius 1 is 1.29 bits per heavy atom. The molecule has 1 saturated heterocycles. The average Bonchev–Trinajstić information content (AvgIpc) is 2.38. The van der Waals surface area contributed by atoms with Gasteiger partial charge in [0.05, 0.1) is 4.75 Å². The van der Waals surface area contributed by atoms with Crippen LogP contribution in [0.5, 0.6) is 0 Å². The predicted octanol–water partition coefficient (Wildman–Crippen LogP) is 2.39. The van der Waals surface area contributed by atoms with Crippen molar-refractivity contribution in [2.24, 2.45) is 0 Å². The van der Waals surface area contributed by atoms with Gasteiger partial charge in [0.15, 0.2) is 0 Å². The van der Waals surface area contributed by atoms with E-state index in [-0.39, 0.29) is 0 Å². The van der Waals surface area contributed by atoms with Crippen LogP contribution in [0, 0.1) is 6.92 Å². The fraction of sp³-hybridized carbons (Fsp3) is 0.667. The number of aryl methyl sites for hydroxylation is 1. The lowest BCUT2D eigenvalue weighted by Gasteiger charge is -2.36. The summed E-state index contributed by atoms with van der Waals surface area (Å²) in [5.74, 6) is 0. The molecule has 5 nitrogen and oxygen atoms in total. The summed E-state index contributed by atoms with van der Waals surface area (Å²) >= 11 is 0. The molecule has 118 valence electrons. The second kappa shape index (κ2) is 5.93. The van der Waals surface area contributed by atoms with Gasteiger partial charge in [0.2, 0.25) is 10.0 Å². The summed E-state index contributed by atoms with van der Waals surface area (Å²) in [6, 6.07) is 4.28. The van der Waals surface area contributed by atoms with Gasteiger partial charge in [-0.1, -0.05) is 0 Å². The number of hydrogen-bond acceptors (Lipinski definition) is 4. The maximum absolute atomic E-state index is 12.4. The summed E-state index contributed by atoms with van der Waals surface area (Å²) in [5, 5.41) is 3.47. The summed E-state index contributed by atoms with van der Waals surface area (Å²) in [7, 11) is -3.21. The maximum Gasteiger partial charge on any atom is 0.219 e. The van der Waals surface area contributed by atoms with Crippen molar-refractivity contribution in [1.29, 1.82) is 0 Å². The third-order valence-electron chi connectivity index (χ3n) is 3.84. The first-order valence-electron chi connectivity index (χ1n) is 7.39.